The van der Waals surface area contributed by atoms with Gasteiger partial charge in [0.15, 0.2) is 5.79 Å². The minimum Gasteiger partial charge on any atom is -0.491 e. The third-order valence-electron chi connectivity index (χ3n) is 5.09. The molecule has 0 aromatic heterocycles. The summed E-state index contributed by atoms with van der Waals surface area (Å²) in [5.41, 5.74) is 2.46. The van der Waals surface area contributed by atoms with Crippen molar-refractivity contribution in [3.05, 3.63) is 59.7 Å². The highest BCUT2D eigenvalue weighted by Crippen LogP contribution is 2.32. The highest BCUT2D eigenvalue weighted by molar-refractivity contribution is 5.26. The maximum absolute atomic E-state index is 6.18. The fraction of sp³-hybridized carbons (Fsp3) is 0.500. The predicted molar refractivity (Wildman–Crippen MR) is 111 cm³/mol. The van der Waals surface area contributed by atoms with Crippen LogP contribution < -0.4 is 9.47 Å². The van der Waals surface area contributed by atoms with Crippen LogP contribution in [0.25, 0.3) is 0 Å². The van der Waals surface area contributed by atoms with Crippen LogP contribution in [0.1, 0.15) is 43.2 Å². The molecule has 1 fully saturated rings. The summed E-state index contributed by atoms with van der Waals surface area (Å²) in [4.78, 5) is 0. The van der Waals surface area contributed by atoms with E-state index < -0.39 is 5.79 Å². The lowest BCUT2D eigenvalue weighted by atomic mass is 9.94. The Morgan fingerprint density at radius 1 is 0.607 bits per heavy atom. The summed E-state index contributed by atoms with van der Waals surface area (Å²) in [6.45, 7) is 6.22. The Morgan fingerprint density at radius 2 is 1.04 bits per heavy atom. The lowest BCUT2D eigenvalue weighted by molar-refractivity contribution is -0.256. The van der Waals surface area contributed by atoms with Gasteiger partial charge in [-0.1, -0.05) is 41.8 Å². The Labute approximate surface area is 168 Å². The highest BCUT2D eigenvalue weighted by atomic mass is 16.7. The zero-order valence-corrected chi connectivity index (χ0v) is 17.1. The third kappa shape index (κ3) is 6.54. The second-order valence-corrected chi connectivity index (χ2v) is 7.49. The molecule has 0 N–H and O–H groups in total. The molecule has 0 heterocycles. The lowest BCUT2D eigenvalue weighted by Gasteiger charge is -2.37. The van der Waals surface area contributed by atoms with Crippen molar-refractivity contribution >= 4 is 0 Å². The summed E-state index contributed by atoms with van der Waals surface area (Å²) in [7, 11) is 0. The predicted octanol–water partition coefficient (Wildman–Crippen LogP) is 5.45. The molecule has 0 bridgehead atoms. The van der Waals surface area contributed by atoms with E-state index in [-0.39, 0.29) is 0 Å². The molecule has 28 heavy (non-hydrogen) atoms. The van der Waals surface area contributed by atoms with Crippen molar-refractivity contribution in [3.8, 4) is 11.5 Å². The maximum atomic E-state index is 6.18. The van der Waals surface area contributed by atoms with E-state index in [1.54, 1.807) is 0 Å². The minimum atomic E-state index is -0.495. The van der Waals surface area contributed by atoms with E-state index in [1.807, 2.05) is 24.3 Å². The molecule has 0 spiro atoms. The van der Waals surface area contributed by atoms with E-state index in [0.717, 1.165) is 37.2 Å². The molecule has 0 amide bonds. The molecular weight excluding hydrogens is 352 g/mol. The molecule has 1 aliphatic rings. The number of aryl methyl sites for hydroxylation is 2. The van der Waals surface area contributed by atoms with Crippen LogP contribution in [0.3, 0.4) is 0 Å². The molecule has 152 valence electrons. The molecule has 1 aliphatic carbocycles. The smallest absolute Gasteiger partial charge is 0.168 e. The van der Waals surface area contributed by atoms with E-state index in [2.05, 4.69) is 38.1 Å². The third-order valence-corrected chi connectivity index (χ3v) is 5.09. The van der Waals surface area contributed by atoms with Crippen LogP contribution in [0.5, 0.6) is 11.5 Å². The summed E-state index contributed by atoms with van der Waals surface area (Å²) >= 11 is 0. The Hall–Kier alpha value is -2.04. The van der Waals surface area contributed by atoms with Crippen LogP contribution in [-0.2, 0) is 9.47 Å². The zero-order valence-electron chi connectivity index (χ0n) is 17.1. The minimum absolute atomic E-state index is 0.495. The van der Waals surface area contributed by atoms with Gasteiger partial charge in [-0.25, -0.2) is 0 Å². The molecule has 1 saturated carbocycles. The molecule has 4 heteroatoms. The lowest BCUT2D eigenvalue weighted by Crippen LogP contribution is -2.40. The topological polar surface area (TPSA) is 36.9 Å². The number of hydrogen-bond acceptors (Lipinski definition) is 4. The first-order chi connectivity index (χ1) is 13.7. The molecule has 2 aromatic rings. The fourth-order valence-electron chi connectivity index (χ4n) is 3.46. The van der Waals surface area contributed by atoms with Gasteiger partial charge in [0.25, 0.3) is 0 Å². The van der Waals surface area contributed by atoms with Crippen LogP contribution in [0.4, 0.5) is 0 Å². The van der Waals surface area contributed by atoms with Gasteiger partial charge in [0.05, 0.1) is 13.2 Å². The van der Waals surface area contributed by atoms with Crippen molar-refractivity contribution in [2.45, 2.75) is 51.7 Å². The van der Waals surface area contributed by atoms with Crippen molar-refractivity contribution in [3.63, 3.8) is 0 Å². The summed E-state index contributed by atoms with van der Waals surface area (Å²) in [6, 6.07) is 16.2. The average molecular weight is 385 g/mol. The van der Waals surface area contributed by atoms with E-state index >= 15 is 0 Å². The van der Waals surface area contributed by atoms with Gasteiger partial charge in [-0.15, -0.1) is 0 Å². The van der Waals surface area contributed by atoms with Gasteiger partial charge in [0.2, 0.25) is 0 Å². The average Bonchev–Trinajstić information content (AvgIpc) is 2.72. The molecular formula is C24H32O4. The zero-order chi connectivity index (χ0) is 19.7. The maximum Gasteiger partial charge on any atom is 0.168 e. The number of ether oxygens (including phenoxy) is 4. The summed E-state index contributed by atoms with van der Waals surface area (Å²) in [5, 5.41) is 0. The number of hydrogen-bond donors (Lipinski definition) is 0. The van der Waals surface area contributed by atoms with Gasteiger partial charge >= 0.3 is 0 Å². The van der Waals surface area contributed by atoms with Gasteiger partial charge in [-0.05, 0) is 51.0 Å². The largest absolute Gasteiger partial charge is 0.491 e. The van der Waals surface area contributed by atoms with Crippen LogP contribution in [0.15, 0.2) is 48.5 Å². The molecule has 0 atom stereocenters. The molecule has 4 nitrogen and oxygen atoms in total. The van der Waals surface area contributed by atoms with Gasteiger partial charge in [0.1, 0.15) is 24.7 Å². The Balaban J connectivity index is 1.41. The second-order valence-electron chi connectivity index (χ2n) is 7.49. The van der Waals surface area contributed by atoms with Crippen LogP contribution in [0, 0.1) is 13.8 Å². The number of benzene rings is 2. The summed E-state index contributed by atoms with van der Waals surface area (Å²) < 4.78 is 23.9. The fourth-order valence-corrected chi connectivity index (χ4v) is 3.46. The second kappa shape index (κ2) is 10.5. The van der Waals surface area contributed by atoms with Gasteiger partial charge in [0, 0.05) is 12.8 Å². The van der Waals surface area contributed by atoms with E-state index in [4.69, 9.17) is 18.9 Å². The van der Waals surface area contributed by atoms with E-state index in [0.29, 0.717) is 26.4 Å². The van der Waals surface area contributed by atoms with Crippen LogP contribution in [-0.4, -0.2) is 32.2 Å². The van der Waals surface area contributed by atoms with Gasteiger partial charge < -0.3 is 18.9 Å². The highest BCUT2D eigenvalue weighted by Gasteiger charge is 2.33. The summed E-state index contributed by atoms with van der Waals surface area (Å²) in [6.07, 6.45) is 5.38. The number of rotatable bonds is 10. The molecule has 3 rings (SSSR count). The van der Waals surface area contributed by atoms with Gasteiger partial charge in [-0.2, -0.15) is 0 Å². The van der Waals surface area contributed by atoms with Crippen LogP contribution >= 0.6 is 0 Å². The molecule has 0 saturated heterocycles. The Morgan fingerprint density at radius 3 is 1.46 bits per heavy atom. The van der Waals surface area contributed by atoms with Crippen molar-refractivity contribution in [1.82, 2.24) is 0 Å². The van der Waals surface area contributed by atoms with Crippen molar-refractivity contribution in [1.29, 1.82) is 0 Å². The molecule has 0 aliphatic heterocycles. The summed E-state index contributed by atoms with van der Waals surface area (Å²) in [5.74, 6) is 1.25. The molecule has 0 unspecified atom stereocenters. The molecule has 0 radical (unpaired) electrons. The normalized spacial score (nSPS) is 15.9. The Bertz CT molecular complexity index is 632. The van der Waals surface area contributed by atoms with Crippen molar-refractivity contribution < 1.29 is 18.9 Å². The van der Waals surface area contributed by atoms with E-state index in [9.17, 15) is 0 Å². The van der Waals surface area contributed by atoms with Crippen molar-refractivity contribution in [2.24, 2.45) is 0 Å². The first-order valence-electron chi connectivity index (χ1n) is 10.3. The quantitative estimate of drug-likeness (QED) is 0.403. The SMILES string of the molecule is Cc1ccc(OCCOC2(OCCOc3ccc(C)cc3)CCCCC2)cc1. The van der Waals surface area contributed by atoms with Gasteiger partial charge in [-0.3, -0.25) is 0 Å². The first-order valence-corrected chi connectivity index (χ1v) is 10.3. The first kappa shape index (κ1) is 20.7. The Kier molecular flexibility index (Phi) is 7.75. The van der Waals surface area contributed by atoms with Crippen LogP contribution in [0.2, 0.25) is 0 Å². The van der Waals surface area contributed by atoms with Crippen molar-refractivity contribution in [2.75, 3.05) is 26.4 Å². The monoisotopic (exact) mass is 384 g/mol. The standard InChI is InChI=1S/C24H32O4/c1-20-6-10-22(11-7-20)25-16-18-27-24(14-4-3-5-15-24)28-19-17-26-23-12-8-21(2)9-13-23/h6-13H,3-5,14-19H2,1-2H3. The molecule has 2 aromatic carbocycles. The van der Waals surface area contributed by atoms with E-state index in [1.165, 1.54) is 17.5 Å².